The molecule has 3 aromatic rings. The Balaban J connectivity index is 2.19. The summed E-state index contributed by atoms with van der Waals surface area (Å²) in [5, 5.41) is 22.0. The third-order valence-corrected chi connectivity index (χ3v) is 4.36. The van der Waals surface area contributed by atoms with E-state index in [4.69, 9.17) is 9.84 Å². The quantitative estimate of drug-likeness (QED) is 0.482. The number of fused-ring (bicyclic) bond motifs is 3. The SMILES string of the molecule is C=CCc1c(C)c(C#N)c2nc3ccccc3n2c1NCCOCCO. The molecule has 1 aromatic carbocycles. The number of nitrogens with zero attached hydrogens (tertiary/aromatic N) is 3. The Bertz CT molecular complexity index is 985. The number of anilines is 1. The summed E-state index contributed by atoms with van der Waals surface area (Å²) in [6, 6.07) is 10.2. The molecule has 6 heteroatoms. The van der Waals surface area contributed by atoms with E-state index in [2.05, 4.69) is 22.9 Å². The molecule has 134 valence electrons. The zero-order valence-electron chi connectivity index (χ0n) is 14.8. The molecule has 0 aliphatic heterocycles. The van der Waals surface area contributed by atoms with Crippen molar-refractivity contribution in [3.8, 4) is 6.07 Å². The minimum absolute atomic E-state index is 0.00803. The standard InChI is InChI=1S/C20H22N4O2/c1-3-6-15-14(2)16(13-21)20-23-17-7-4-5-8-18(17)24(20)19(15)22-9-11-26-12-10-25/h3-5,7-8,22,25H,1,6,9-12H2,2H3. The first kappa shape index (κ1) is 17.9. The lowest BCUT2D eigenvalue weighted by molar-refractivity contribution is 0.0992. The fraction of sp³-hybridized carbons (Fsp3) is 0.300. The molecule has 0 saturated heterocycles. The van der Waals surface area contributed by atoms with Crippen molar-refractivity contribution in [2.45, 2.75) is 13.3 Å². The van der Waals surface area contributed by atoms with E-state index in [1.165, 1.54) is 0 Å². The number of aliphatic hydroxyl groups excluding tert-OH is 1. The summed E-state index contributed by atoms with van der Waals surface area (Å²) in [6.07, 6.45) is 2.48. The molecule has 0 amide bonds. The van der Waals surface area contributed by atoms with Gasteiger partial charge in [0.2, 0.25) is 0 Å². The molecule has 0 bridgehead atoms. The Morgan fingerprint density at radius 1 is 1.38 bits per heavy atom. The first-order valence-electron chi connectivity index (χ1n) is 8.59. The lowest BCUT2D eigenvalue weighted by Crippen LogP contribution is -2.16. The van der Waals surface area contributed by atoms with Crippen LogP contribution < -0.4 is 5.32 Å². The highest BCUT2D eigenvalue weighted by atomic mass is 16.5. The summed E-state index contributed by atoms with van der Waals surface area (Å²) in [7, 11) is 0. The van der Waals surface area contributed by atoms with Crippen LogP contribution in [0.2, 0.25) is 0 Å². The second-order valence-electron chi connectivity index (χ2n) is 5.95. The number of imidazole rings is 1. The van der Waals surface area contributed by atoms with Crippen LogP contribution in [0.4, 0.5) is 5.82 Å². The molecule has 26 heavy (non-hydrogen) atoms. The van der Waals surface area contributed by atoms with E-state index in [1.807, 2.05) is 41.7 Å². The van der Waals surface area contributed by atoms with E-state index in [9.17, 15) is 5.26 Å². The fourth-order valence-corrected chi connectivity index (χ4v) is 3.17. The van der Waals surface area contributed by atoms with Crippen molar-refractivity contribution < 1.29 is 9.84 Å². The summed E-state index contributed by atoms with van der Waals surface area (Å²) >= 11 is 0. The molecular weight excluding hydrogens is 328 g/mol. The molecule has 0 unspecified atom stereocenters. The summed E-state index contributed by atoms with van der Waals surface area (Å²) in [5.74, 6) is 0.901. The molecule has 0 radical (unpaired) electrons. The topological polar surface area (TPSA) is 82.6 Å². The highest BCUT2D eigenvalue weighted by Crippen LogP contribution is 2.31. The van der Waals surface area contributed by atoms with Gasteiger partial charge in [0.1, 0.15) is 11.9 Å². The van der Waals surface area contributed by atoms with Crippen LogP contribution in [0.1, 0.15) is 16.7 Å². The van der Waals surface area contributed by atoms with Crippen molar-refractivity contribution in [1.29, 1.82) is 5.26 Å². The number of aliphatic hydroxyl groups is 1. The van der Waals surface area contributed by atoms with Crippen LogP contribution in [0.3, 0.4) is 0 Å². The molecule has 0 saturated carbocycles. The molecule has 6 nitrogen and oxygen atoms in total. The van der Waals surface area contributed by atoms with Gasteiger partial charge in [0.15, 0.2) is 5.65 Å². The highest BCUT2D eigenvalue weighted by Gasteiger charge is 2.19. The van der Waals surface area contributed by atoms with Gasteiger partial charge in [0.05, 0.1) is 36.4 Å². The van der Waals surface area contributed by atoms with Crippen LogP contribution in [0.5, 0.6) is 0 Å². The molecule has 2 N–H and O–H groups in total. The maximum Gasteiger partial charge on any atom is 0.157 e. The number of ether oxygens (including phenoxy) is 1. The number of allylic oxidation sites excluding steroid dienone is 1. The summed E-state index contributed by atoms with van der Waals surface area (Å²) in [4.78, 5) is 4.68. The van der Waals surface area contributed by atoms with Gasteiger partial charge in [-0.2, -0.15) is 5.26 Å². The number of nitrogens with one attached hydrogen (secondary N) is 1. The monoisotopic (exact) mass is 350 g/mol. The maximum atomic E-state index is 9.71. The summed E-state index contributed by atoms with van der Waals surface area (Å²) in [5.41, 5.74) is 4.96. The third-order valence-electron chi connectivity index (χ3n) is 4.36. The maximum absolute atomic E-state index is 9.71. The molecule has 0 fully saturated rings. The van der Waals surface area contributed by atoms with Gasteiger partial charge in [-0.15, -0.1) is 6.58 Å². The second kappa shape index (κ2) is 8.00. The molecule has 0 atom stereocenters. The summed E-state index contributed by atoms with van der Waals surface area (Å²) < 4.78 is 7.36. The smallest absolute Gasteiger partial charge is 0.157 e. The number of hydrogen-bond acceptors (Lipinski definition) is 5. The van der Waals surface area contributed by atoms with Gasteiger partial charge in [-0.05, 0) is 31.0 Å². The number of aromatic nitrogens is 2. The van der Waals surface area contributed by atoms with Crippen LogP contribution in [-0.2, 0) is 11.2 Å². The van der Waals surface area contributed by atoms with Crippen LogP contribution in [-0.4, -0.2) is 40.9 Å². The van der Waals surface area contributed by atoms with Gasteiger partial charge in [-0.1, -0.05) is 18.2 Å². The van der Waals surface area contributed by atoms with Crippen LogP contribution in [0.15, 0.2) is 36.9 Å². The lowest BCUT2D eigenvalue weighted by Gasteiger charge is -2.18. The van der Waals surface area contributed by atoms with Crippen molar-refractivity contribution in [3.05, 3.63) is 53.6 Å². The van der Waals surface area contributed by atoms with Gasteiger partial charge < -0.3 is 15.2 Å². The predicted molar refractivity (Wildman–Crippen MR) is 102 cm³/mol. The zero-order valence-corrected chi connectivity index (χ0v) is 14.8. The zero-order chi connectivity index (χ0) is 18.5. The number of hydrogen-bond donors (Lipinski definition) is 2. The van der Waals surface area contributed by atoms with Crippen LogP contribution in [0, 0.1) is 18.3 Å². The van der Waals surface area contributed by atoms with Gasteiger partial charge in [0.25, 0.3) is 0 Å². The summed E-state index contributed by atoms with van der Waals surface area (Å²) in [6.45, 7) is 7.18. The van der Waals surface area contributed by atoms with Crippen molar-refractivity contribution in [2.24, 2.45) is 0 Å². The number of rotatable bonds is 8. The first-order chi connectivity index (χ1) is 12.7. The first-order valence-corrected chi connectivity index (χ1v) is 8.59. The molecule has 2 aromatic heterocycles. The average molecular weight is 350 g/mol. The van der Waals surface area contributed by atoms with Crippen molar-refractivity contribution in [1.82, 2.24) is 9.38 Å². The molecule has 3 rings (SSSR count). The van der Waals surface area contributed by atoms with Crippen molar-refractivity contribution >= 4 is 22.5 Å². The Morgan fingerprint density at radius 2 is 2.19 bits per heavy atom. The normalized spacial score (nSPS) is 11.0. The Hall–Kier alpha value is -2.88. The number of nitriles is 1. The minimum atomic E-state index is 0.00803. The molecule has 0 aliphatic carbocycles. The largest absolute Gasteiger partial charge is 0.394 e. The minimum Gasteiger partial charge on any atom is -0.394 e. The number of pyridine rings is 1. The third kappa shape index (κ3) is 3.15. The average Bonchev–Trinajstić information content (AvgIpc) is 3.03. The fourth-order valence-electron chi connectivity index (χ4n) is 3.17. The second-order valence-corrected chi connectivity index (χ2v) is 5.95. The molecule has 0 spiro atoms. The van der Waals surface area contributed by atoms with E-state index in [0.717, 1.165) is 28.0 Å². The Morgan fingerprint density at radius 3 is 2.92 bits per heavy atom. The Kier molecular flexibility index (Phi) is 5.52. The number of benzene rings is 1. The Labute approximate surface area is 152 Å². The van der Waals surface area contributed by atoms with Crippen LogP contribution in [0.25, 0.3) is 16.7 Å². The lowest BCUT2D eigenvalue weighted by atomic mass is 10.0. The van der Waals surface area contributed by atoms with Crippen molar-refractivity contribution in [3.63, 3.8) is 0 Å². The van der Waals surface area contributed by atoms with E-state index in [1.54, 1.807) is 0 Å². The van der Waals surface area contributed by atoms with Gasteiger partial charge in [-0.25, -0.2) is 4.98 Å². The van der Waals surface area contributed by atoms with Crippen LogP contribution >= 0.6 is 0 Å². The van der Waals surface area contributed by atoms with Gasteiger partial charge in [-0.3, -0.25) is 4.40 Å². The van der Waals surface area contributed by atoms with Crippen molar-refractivity contribution in [2.75, 3.05) is 31.7 Å². The molecule has 0 aliphatic rings. The van der Waals surface area contributed by atoms with E-state index >= 15 is 0 Å². The van der Waals surface area contributed by atoms with Gasteiger partial charge >= 0.3 is 0 Å². The van der Waals surface area contributed by atoms with E-state index in [0.29, 0.717) is 37.4 Å². The predicted octanol–water partition coefficient (Wildman–Crippen LogP) is 2.82. The van der Waals surface area contributed by atoms with Gasteiger partial charge in [0, 0.05) is 12.1 Å². The number of para-hydroxylation sites is 2. The molecule has 2 heterocycles. The molecular formula is C20H22N4O2. The van der Waals surface area contributed by atoms with E-state index in [-0.39, 0.29) is 6.61 Å². The highest BCUT2D eigenvalue weighted by molar-refractivity contribution is 5.86. The van der Waals surface area contributed by atoms with E-state index < -0.39 is 0 Å².